The second-order valence-corrected chi connectivity index (χ2v) is 4.68. The van der Waals surface area contributed by atoms with Crippen molar-refractivity contribution in [1.29, 1.82) is 0 Å². The number of hydrogen-bond donors (Lipinski definition) is 1. The molecule has 2 N–H and O–H groups in total. The Labute approximate surface area is 90.3 Å². The summed E-state index contributed by atoms with van der Waals surface area (Å²) in [5.41, 5.74) is 7.88. The van der Waals surface area contributed by atoms with E-state index in [0.29, 0.717) is 0 Å². The smallest absolute Gasteiger partial charge is 0.119 e. The van der Waals surface area contributed by atoms with E-state index in [-0.39, 0.29) is 0 Å². The molecule has 1 aromatic heterocycles. The Balaban J connectivity index is 2.63. The molecule has 0 fully saturated rings. The SMILES string of the molecule is CCC(C)CSc1nccc(C)c1N. The predicted molar refractivity (Wildman–Crippen MR) is 63.6 cm³/mol. The number of hydrogen-bond acceptors (Lipinski definition) is 3. The van der Waals surface area contributed by atoms with Crippen molar-refractivity contribution < 1.29 is 0 Å². The number of thioether (sulfide) groups is 1. The Morgan fingerprint density at radius 3 is 2.93 bits per heavy atom. The Morgan fingerprint density at radius 2 is 2.29 bits per heavy atom. The fourth-order valence-corrected chi connectivity index (χ4v) is 2.13. The zero-order valence-corrected chi connectivity index (χ0v) is 9.90. The van der Waals surface area contributed by atoms with Gasteiger partial charge in [-0.3, -0.25) is 0 Å². The summed E-state index contributed by atoms with van der Waals surface area (Å²) in [7, 11) is 0. The lowest BCUT2D eigenvalue weighted by atomic mass is 10.2. The van der Waals surface area contributed by atoms with E-state index in [1.165, 1.54) is 6.42 Å². The fourth-order valence-electron chi connectivity index (χ4n) is 0.999. The number of nitrogen functional groups attached to an aromatic ring is 1. The van der Waals surface area contributed by atoms with Gasteiger partial charge in [-0.1, -0.05) is 20.3 Å². The number of nitrogens with two attached hydrogens (primary N) is 1. The molecule has 78 valence electrons. The van der Waals surface area contributed by atoms with Gasteiger partial charge in [-0.15, -0.1) is 11.8 Å². The fraction of sp³-hybridized carbons (Fsp3) is 0.545. The normalized spacial score (nSPS) is 12.8. The number of pyridine rings is 1. The molecule has 1 atom stereocenters. The highest BCUT2D eigenvalue weighted by atomic mass is 32.2. The molecule has 0 saturated carbocycles. The van der Waals surface area contributed by atoms with Gasteiger partial charge < -0.3 is 5.73 Å². The first-order chi connectivity index (χ1) is 6.65. The van der Waals surface area contributed by atoms with Gasteiger partial charge in [0.15, 0.2) is 0 Å². The van der Waals surface area contributed by atoms with Gasteiger partial charge >= 0.3 is 0 Å². The third kappa shape index (κ3) is 2.91. The number of rotatable bonds is 4. The molecule has 1 heterocycles. The first-order valence-corrected chi connectivity index (χ1v) is 5.97. The Kier molecular flexibility index (Phi) is 4.26. The maximum Gasteiger partial charge on any atom is 0.119 e. The van der Waals surface area contributed by atoms with Gasteiger partial charge in [0, 0.05) is 11.9 Å². The first-order valence-electron chi connectivity index (χ1n) is 4.99. The van der Waals surface area contributed by atoms with Crippen molar-refractivity contribution in [3.63, 3.8) is 0 Å². The van der Waals surface area contributed by atoms with Crippen molar-refractivity contribution in [1.82, 2.24) is 4.98 Å². The molecule has 0 bridgehead atoms. The van der Waals surface area contributed by atoms with Gasteiger partial charge in [-0.05, 0) is 24.5 Å². The molecule has 14 heavy (non-hydrogen) atoms. The van der Waals surface area contributed by atoms with Gasteiger partial charge in [-0.25, -0.2) is 4.98 Å². The molecule has 1 aromatic rings. The predicted octanol–water partition coefficient (Wildman–Crippen LogP) is 3.11. The minimum absolute atomic E-state index is 0.724. The zero-order valence-electron chi connectivity index (χ0n) is 9.08. The quantitative estimate of drug-likeness (QED) is 0.776. The van der Waals surface area contributed by atoms with Gasteiger partial charge in [0.25, 0.3) is 0 Å². The summed E-state index contributed by atoms with van der Waals surface area (Å²) in [6.45, 7) is 6.47. The molecular formula is C11H18N2S. The van der Waals surface area contributed by atoms with Crippen molar-refractivity contribution >= 4 is 17.4 Å². The molecule has 2 nitrogen and oxygen atoms in total. The summed E-state index contributed by atoms with van der Waals surface area (Å²) in [6.07, 6.45) is 3.03. The second kappa shape index (κ2) is 5.25. The van der Waals surface area contributed by atoms with E-state index in [9.17, 15) is 0 Å². The van der Waals surface area contributed by atoms with Crippen LogP contribution in [0.3, 0.4) is 0 Å². The van der Waals surface area contributed by atoms with Crippen molar-refractivity contribution in [3.05, 3.63) is 17.8 Å². The number of nitrogens with zero attached hydrogens (tertiary/aromatic N) is 1. The van der Waals surface area contributed by atoms with Crippen LogP contribution in [0.4, 0.5) is 5.69 Å². The maximum absolute atomic E-state index is 5.93. The summed E-state index contributed by atoms with van der Waals surface area (Å²) < 4.78 is 0. The highest BCUT2D eigenvalue weighted by molar-refractivity contribution is 7.99. The van der Waals surface area contributed by atoms with Gasteiger partial charge in [0.05, 0.1) is 5.69 Å². The third-order valence-electron chi connectivity index (χ3n) is 2.37. The molecule has 0 aliphatic heterocycles. The lowest BCUT2D eigenvalue weighted by Crippen LogP contribution is -1.99. The number of aromatic nitrogens is 1. The first kappa shape index (κ1) is 11.4. The highest BCUT2D eigenvalue weighted by Gasteiger charge is 2.06. The summed E-state index contributed by atoms with van der Waals surface area (Å²) in [6, 6.07) is 1.95. The largest absolute Gasteiger partial charge is 0.396 e. The van der Waals surface area contributed by atoms with E-state index in [0.717, 1.165) is 27.9 Å². The second-order valence-electron chi connectivity index (χ2n) is 3.67. The van der Waals surface area contributed by atoms with Crippen LogP contribution in [0, 0.1) is 12.8 Å². The van der Waals surface area contributed by atoms with Crippen LogP contribution >= 0.6 is 11.8 Å². The standard InChI is InChI=1S/C11H18N2S/c1-4-8(2)7-14-11-10(12)9(3)5-6-13-11/h5-6,8H,4,7,12H2,1-3H3. The molecule has 0 aliphatic carbocycles. The lowest BCUT2D eigenvalue weighted by Gasteiger charge is -2.09. The minimum atomic E-state index is 0.724. The van der Waals surface area contributed by atoms with E-state index >= 15 is 0 Å². The third-order valence-corrected chi connectivity index (χ3v) is 3.71. The zero-order chi connectivity index (χ0) is 10.6. The molecule has 0 radical (unpaired) electrons. The summed E-state index contributed by atoms with van der Waals surface area (Å²) in [4.78, 5) is 4.28. The monoisotopic (exact) mass is 210 g/mol. The minimum Gasteiger partial charge on any atom is -0.396 e. The highest BCUT2D eigenvalue weighted by Crippen LogP contribution is 2.26. The maximum atomic E-state index is 5.93. The average molecular weight is 210 g/mol. The van der Waals surface area contributed by atoms with Gasteiger partial charge in [0.2, 0.25) is 0 Å². The van der Waals surface area contributed by atoms with Crippen molar-refractivity contribution in [2.45, 2.75) is 32.2 Å². The van der Waals surface area contributed by atoms with Crippen LogP contribution in [-0.4, -0.2) is 10.7 Å². The van der Waals surface area contributed by atoms with Crippen molar-refractivity contribution in [2.75, 3.05) is 11.5 Å². The molecule has 0 amide bonds. The van der Waals surface area contributed by atoms with Crippen LogP contribution in [0.15, 0.2) is 17.3 Å². The average Bonchev–Trinajstić information content (AvgIpc) is 2.20. The molecule has 1 rings (SSSR count). The number of anilines is 1. The van der Waals surface area contributed by atoms with Crippen LogP contribution in [0.5, 0.6) is 0 Å². The molecule has 3 heteroatoms. The topological polar surface area (TPSA) is 38.9 Å². The van der Waals surface area contributed by atoms with E-state index in [4.69, 9.17) is 5.73 Å². The van der Waals surface area contributed by atoms with Crippen LogP contribution in [0.1, 0.15) is 25.8 Å². The molecule has 0 aromatic carbocycles. The Bertz CT molecular complexity index is 299. The molecular weight excluding hydrogens is 192 g/mol. The van der Waals surface area contributed by atoms with Crippen LogP contribution in [0.25, 0.3) is 0 Å². The van der Waals surface area contributed by atoms with Crippen molar-refractivity contribution in [3.8, 4) is 0 Å². The number of aryl methyl sites for hydroxylation is 1. The summed E-state index contributed by atoms with van der Waals surface area (Å²) in [5, 5.41) is 0.977. The molecule has 1 unspecified atom stereocenters. The lowest BCUT2D eigenvalue weighted by molar-refractivity contribution is 0.636. The summed E-state index contributed by atoms with van der Waals surface area (Å²) in [5.74, 6) is 1.82. The Morgan fingerprint density at radius 1 is 1.57 bits per heavy atom. The summed E-state index contributed by atoms with van der Waals surface area (Å²) >= 11 is 1.76. The Hall–Kier alpha value is -0.700. The van der Waals surface area contributed by atoms with Gasteiger partial charge in [0.1, 0.15) is 5.03 Å². The van der Waals surface area contributed by atoms with Gasteiger partial charge in [-0.2, -0.15) is 0 Å². The van der Waals surface area contributed by atoms with E-state index in [1.54, 1.807) is 11.8 Å². The van der Waals surface area contributed by atoms with E-state index < -0.39 is 0 Å². The van der Waals surface area contributed by atoms with E-state index in [2.05, 4.69) is 18.8 Å². The van der Waals surface area contributed by atoms with E-state index in [1.807, 2.05) is 19.2 Å². The van der Waals surface area contributed by atoms with Crippen molar-refractivity contribution in [2.24, 2.45) is 5.92 Å². The van der Waals surface area contributed by atoms with Crippen LogP contribution < -0.4 is 5.73 Å². The molecule has 0 saturated heterocycles. The molecule has 0 spiro atoms. The molecule has 0 aliphatic rings. The van der Waals surface area contributed by atoms with Crippen LogP contribution in [-0.2, 0) is 0 Å². The van der Waals surface area contributed by atoms with Crippen LogP contribution in [0.2, 0.25) is 0 Å².